The van der Waals surface area contributed by atoms with Crippen molar-refractivity contribution < 1.29 is 9.53 Å². The van der Waals surface area contributed by atoms with E-state index in [4.69, 9.17) is 4.74 Å². The van der Waals surface area contributed by atoms with Crippen LogP contribution in [-0.4, -0.2) is 24.7 Å². The first-order valence-electron chi connectivity index (χ1n) is 9.97. The number of amides is 1. The van der Waals surface area contributed by atoms with Crippen molar-refractivity contribution in [1.29, 1.82) is 0 Å². The summed E-state index contributed by atoms with van der Waals surface area (Å²) in [6, 6.07) is 13.2. The van der Waals surface area contributed by atoms with E-state index in [0.29, 0.717) is 23.2 Å². The molecule has 0 spiro atoms. The van der Waals surface area contributed by atoms with Crippen LogP contribution in [-0.2, 0) is 11.3 Å². The topological polar surface area (TPSA) is 29.5 Å². The maximum Gasteiger partial charge on any atom is 0.422 e. The molecule has 0 unspecified atom stereocenters. The zero-order valence-electron chi connectivity index (χ0n) is 18.6. The van der Waals surface area contributed by atoms with Crippen LogP contribution in [0.4, 0.5) is 4.79 Å². The molecule has 0 fully saturated rings. The third-order valence-corrected chi connectivity index (χ3v) is 11.3. The molecule has 1 rings (SSSR count). The lowest BCUT2D eigenvalue weighted by Crippen LogP contribution is -2.44. The van der Waals surface area contributed by atoms with E-state index in [1.54, 1.807) is 4.90 Å². The quantitative estimate of drug-likeness (QED) is 0.323. The number of carbonyl (C=O) groups excluding carboxylic acids is 1. The first kappa shape index (κ1) is 23.3. The first-order chi connectivity index (χ1) is 12.4. The molecular weight excluding hydrogens is 350 g/mol. The van der Waals surface area contributed by atoms with Crippen LogP contribution in [0.2, 0.25) is 16.6 Å². The lowest BCUT2D eigenvalue weighted by molar-refractivity contribution is 0.0341. The van der Waals surface area contributed by atoms with E-state index in [9.17, 15) is 4.79 Å². The molecule has 1 amide bonds. The van der Waals surface area contributed by atoms with Crippen molar-refractivity contribution in [2.45, 2.75) is 91.1 Å². The average molecular weight is 388 g/mol. The SMILES string of the molecule is CC(C)[Si](C#CN(Cc1ccccc1)C(=O)OC(C)(C)C)(C(C)C)C(C)C. The maximum absolute atomic E-state index is 12.8. The van der Waals surface area contributed by atoms with Crippen LogP contribution < -0.4 is 0 Å². The smallest absolute Gasteiger partial charge is 0.422 e. The number of ether oxygens (including phenoxy) is 1. The van der Waals surface area contributed by atoms with E-state index in [2.05, 4.69) is 53.1 Å². The van der Waals surface area contributed by atoms with Crippen molar-refractivity contribution in [3.05, 3.63) is 35.9 Å². The van der Waals surface area contributed by atoms with Gasteiger partial charge in [-0.05, 0) is 43.0 Å². The number of carbonyl (C=O) groups is 1. The Bertz CT molecular complexity index is 641. The highest BCUT2D eigenvalue weighted by Gasteiger charge is 2.42. The lowest BCUT2D eigenvalue weighted by Gasteiger charge is -2.38. The average Bonchev–Trinajstić information content (AvgIpc) is 2.52. The fourth-order valence-electron chi connectivity index (χ4n) is 3.83. The van der Waals surface area contributed by atoms with Crippen molar-refractivity contribution in [3.8, 4) is 11.6 Å². The van der Waals surface area contributed by atoms with Gasteiger partial charge in [-0.1, -0.05) is 71.9 Å². The summed E-state index contributed by atoms with van der Waals surface area (Å²) in [6.07, 6.45) is -0.377. The van der Waals surface area contributed by atoms with Crippen LogP contribution in [0.25, 0.3) is 0 Å². The number of rotatable bonds is 5. The Morgan fingerprint density at radius 1 is 1.00 bits per heavy atom. The standard InChI is InChI=1S/C23H37NO2Si/c1-18(2)27(19(3)4,20(5)6)16-15-24(22(25)26-23(7,8)9)17-21-13-11-10-12-14-21/h10-14,18-20H,17H2,1-9H3. The molecule has 3 nitrogen and oxygen atoms in total. The molecule has 0 aliphatic heterocycles. The summed E-state index contributed by atoms with van der Waals surface area (Å²) >= 11 is 0. The Kier molecular flexibility index (Phi) is 8.17. The molecule has 0 aliphatic rings. The van der Waals surface area contributed by atoms with Crippen molar-refractivity contribution in [1.82, 2.24) is 4.90 Å². The van der Waals surface area contributed by atoms with Gasteiger partial charge < -0.3 is 4.74 Å². The summed E-state index contributed by atoms with van der Waals surface area (Å²) < 4.78 is 5.62. The third kappa shape index (κ3) is 6.43. The fourth-order valence-corrected chi connectivity index (χ4v) is 9.02. The molecule has 4 heteroatoms. The monoisotopic (exact) mass is 387 g/mol. The van der Waals surface area contributed by atoms with Crippen LogP contribution in [0, 0.1) is 11.6 Å². The van der Waals surface area contributed by atoms with Gasteiger partial charge in [0.2, 0.25) is 0 Å². The van der Waals surface area contributed by atoms with Crippen LogP contribution in [0.1, 0.15) is 67.9 Å². The summed E-state index contributed by atoms with van der Waals surface area (Å²) in [5, 5.41) is 0. The maximum atomic E-state index is 12.8. The van der Waals surface area contributed by atoms with Crippen LogP contribution >= 0.6 is 0 Å². The van der Waals surface area contributed by atoms with Gasteiger partial charge in [0.1, 0.15) is 13.7 Å². The Labute approximate surface area is 167 Å². The van der Waals surface area contributed by atoms with Gasteiger partial charge in [-0.15, -0.1) is 5.54 Å². The molecule has 0 aliphatic carbocycles. The molecule has 0 saturated heterocycles. The Morgan fingerprint density at radius 2 is 1.48 bits per heavy atom. The normalized spacial score (nSPS) is 12.1. The Balaban J connectivity index is 3.31. The van der Waals surface area contributed by atoms with Crippen molar-refractivity contribution in [2.75, 3.05) is 0 Å². The van der Waals surface area contributed by atoms with Gasteiger partial charge in [0.15, 0.2) is 0 Å². The molecule has 0 radical (unpaired) electrons. The van der Waals surface area contributed by atoms with Gasteiger partial charge in [-0.2, -0.15) is 0 Å². The Hall–Kier alpha value is -1.73. The minimum Gasteiger partial charge on any atom is -0.443 e. The number of nitrogens with zero attached hydrogens (tertiary/aromatic N) is 1. The molecule has 0 saturated carbocycles. The molecule has 0 bridgehead atoms. The molecule has 1 aromatic carbocycles. The predicted molar refractivity (Wildman–Crippen MR) is 117 cm³/mol. The second-order valence-corrected chi connectivity index (χ2v) is 14.8. The van der Waals surface area contributed by atoms with E-state index in [-0.39, 0.29) is 6.09 Å². The molecule has 0 N–H and O–H groups in total. The van der Waals surface area contributed by atoms with Crippen LogP contribution in [0.3, 0.4) is 0 Å². The molecule has 27 heavy (non-hydrogen) atoms. The van der Waals surface area contributed by atoms with Crippen LogP contribution in [0.15, 0.2) is 30.3 Å². The summed E-state index contributed by atoms with van der Waals surface area (Å²) in [4.78, 5) is 14.4. The minimum atomic E-state index is -1.92. The largest absolute Gasteiger partial charge is 0.443 e. The van der Waals surface area contributed by atoms with Crippen molar-refractivity contribution in [2.24, 2.45) is 0 Å². The number of hydrogen-bond acceptors (Lipinski definition) is 2. The van der Waals surface area contributed by atoms with E-state index in [1.807, 2.05) is 51.1 Å². The van der Waals surface area contributed by atoms with E-state index in [0.717, 1.165) is 5.56 Å². The first-order valence-corrected chi connectivity index (χ1v) is 12.2. The van der Waals surface area contributed by atoms with Gasteiger partial charge in [0, 0.05) is 6.04 Å². The molecule has 150 valence electrons. The lowest BCUT2D eigenvalue weighted by atomic mass is 10.2. The van der Waals surface area contributed by atoms with Gasteiger partial charge in [-0.3, -0.25) is 0 Å². The highest BCUT2D eigenvalue weighted by molar-refractivity contribution is 6.90. The van der Waals surface area contributed by atoms with Crippen molar-refractivity contribution >= 4 is 14.2 Å². The van der Waals surface area contributed by atoms with Gasteiger partial charge in [-0.25, -0.2) is 9.69 Å². The third-order valence-electron chi connectivity index (χ3n) is 5.07. The second kappa shape index (κ2) is 9.46. The highest BCUT2D eigenvalue weighted by atomic mass is 28.3. The summed E-state index contributed by atoms with van der Waals surface area (Å²) in [7, 11) is -1.92. The zero-order chi connectivity index (χ0) is 20.8. The molecule has 1 aromatic rings. The molecule has 0 heterocycles. The van der Waals surface area contributed by atoms with Crippen molar-refractivity contribution in [3.63, 3.8) is 0 Å². The second-order valence-electron chi connectivity index (χ2n) is 9.19. The number of hydrogen-bond donors (Lipinski definition) is 0. The summed E-state index contributed by atoms with van der Waals surface area (Å²) in [6.45, 7) is 19.7. The van der Waals surface area contributed by atoms with E-state index >= 15 is 0 Å². The zero-order valence-corrected chi connectivity index (χ0v) is 19.6. The van der Waals surface area contributed by atoms with Crippen LogP contribution in [0.5, 0.6) is 0 Å². The molecule has 0 atom stereocenters. The minimum absolute atomic E-state index is 0.377. The number of benzene rings is 1. The summed E-state index contributed by atoms with van der Waals surface area (Å²) in [5.74, 6) is 0. The van der Waals surface area contributed by atoms with Gasteiger partial charge in [0.05, 0.1) is 6.54 Å². The van der Waals surface area contributed by atoms with Gasteiger partial charge in [0.25, 0.3) is 0 Å². The van der Waals surface area contributed by atoms with E-state index < -0.39 is 13.7 Å². The highest BCUT2D eigenvalue weighted by Crippen LogP contribution is 2.40. The fraction of sp³-hybridized carbons (Fsp3) is 0.609. The Morgan fingerprint density at radius 3 is 1.89 bits per heavy atom. The van der Waals surface area contributed by atoms with Gasteiger partial charge >= 0.3 is 6.09 Å². The summed E-state index contributed by atoms with van der Waals surface area (Å²) in [5.41, 5.74) is 5.68. The van der Waals surface area contributed by atoms with E-state index in [1.165, 1.54) is 0 Å². The molecule has 0 aromatic heterocycles. The predicted octanol–water partition coefficient (Wildman–Crippen LogP) is 6.60. The molecular formula is C23H37NO2Si.